The van der Waals surface area contributed by atoms with Crippen LogP contribution in [0.1, 0.15) is 20.8 Å². The first kappa shape index (κ1) is 13.9. The van der Waals surface area contributed by atoms with E-state index in [1.807, 2.05) is 21.0 Å². The fourth-order valence-corrected chi connectivity index (χ4v) is 1.54. The summed E-state index contributed by atoms with van der Waals surface area (Å²) in [5.74, 6) is 0.0526. The second kappa shape index (κ2) is 5.71. The van der Waals surface area contributed by atoms with Crippen LogP contribution >= 0.6 is 15.9 Å². The minimum atomic E-state index is -0.113. The van der Waals surface area contributed by atoms with Crippen LogP contribution < -0.4 is 5.32 Å². The molecule has 0 radical (unpaired) electrons. The number of halogens is 1. The third-order valence-electron chi connectivity index (χ3n) is 1.85. The highest BCUT2D eigenvalue weighted by Gasteiger charge is 2.20. The van der Waals surface area contributed by atoms with Crippen LogP contribution in [0.4, 0.5) is 0 Å². The van der Waals surface area contributed by atoms with Crippen molar-refractivity contribution >= 4 is 21.8 Å². The third kappa shape index (κ3) is 6.38. The summed E-state index contributed by atoms with van der Waals surface area (Å²) in [4.78, 5) is 13.3. The summed E-state index contributed by atoms with van der Waals surface area (Å²) in [6.45, 7) is 7.79. The molecule has 1 amide bonds. The lowest BCUT2D eigenvalue weighted by Crippen LogP contribution is -2.41. The average molecular weight is 265 g/mol. The molecule has 14 heavy (non-hydrogen) atoms. The first-order valence-corrected chi connectivity index (χ1v) is 5.73. The van der Waals surface area contributed by atoms with E-state index < -0.39 is 0 Å². The Morgan fingerprint density at radius 1 is 1.50 bits per heavy atom. The van der Waals surface area contributed by atoms with Crippen molar-refractivity contribution in [3.63, 3.8) is 0 Å². The molecule has 0 aromatic rings. The molecule has 84 valence electrons. The van der Waals surface area contributed by atoms with Gasteiger partial charge >= 0.3 is 0 Å². The zero-order valence-electron chi connectivity index (χ0n) is 9.72. The minimum Gasteiger partial charge on any atom is -0.355 e. The fourth-order valence-electron chi connectivity index (χ4n) is 1.38. The molecule has 0 bridgehead atoms. The molecular weight excluding hydrogens is 244 g/mol. The predicted molar refractivity (Wildman–Crippen MR) is 63.7 cm³/mol. The summed E-state index contributed by atoms with van der Waals surface area (Å²) < 4.78 is 0. The van der Waals surface area contributed by atoms with Gasteiger partial charge in [0.1, 0.15) is 0 Å². The molecular formula is C10H21BrN2O. The molecule has 3 nitrogen and oxygen atoms in total. The monoisotopic (exact) mass is 264 g/mol. The number of alkyl halides is 1. The number of hydrogen-bond acceptors (Lipinski definition) is 2. The molecule has 0 aromatic heterocycles. The van der Waals surface area contributed by atoms with E-state index in [0.29, 0.717) is 6.54 Å². The summed E-state index contributed by atoms with van der Waals surface area (Å²) in [6, 6.07) is 0. The van der Waals surface area contributed by atoms with Gasteiger partial charge in [0, 0.05) is 13.1 Å². The van der Waals surface area contributed by atoms with Crippen LogP contribution in [0.2, 0.25) is 0 Å². The number of carbonyl (C=O) groups is 1. The Hall–Kier alpha value is -0.0900. The summed E-state index contributed by atoms with van der Waals surface area (Å²) in [7, 11) is 4.08. The van der Waals surface area contributed by atoms with Gasteiger partial charge in [-0.05, 0) is 26.4 Å². The number of carbonyl (C=O) groups excluding carboxylic acids is 1. The topological polar surface area (TPSA) is 32.3 Å². The Kier molecular flexibility index (Phi) is 5.67. The lowest BCUT2D eigenvalue weighted by atomic mass is 9.93. The molecule has 1 atom stereocenters. The van der Waals surface area contributed by atoms with Gasteiger partial charge < -0.3 is 10.2 Å². The average Bonchev–Trinajstić information content (AvgIpc) is 1.97. The first-order chi connectivity index (χ1) is 6.24. The summed E-state index contributed by atoms with van der Waals surface area (Å²) >= 11 is 3.24. The summed E-state index contributed by atoms with van der Waals surface area (Å²) in [5, 5.41) is 2.92. The highest BCUT2D eigenvalue weighted by Crippen LogP contribution is 2.14. The molecule has 1 unspecified atom stereocenters. The van der Waals surface area contributed by atoms with Crippen molar-refractivity contribution in [3.8, 4) is 0 Å². The van der Waals surface area contributed by atoms with Gasteiger partial charge in [-0.2, -0.15) is 0 Å². The van der Waals surface area contributed by atoms with Gasteiger partial charge in [-0.1, -0.05) is 29.8 Å². The number of nitrogens with zero attached hydrogens (tertiary/aromatic N) is 1. The SMILES string of the molecule is CC(Br)C(=O)NCC(C)(C)CN(C)C. The Morgan fingerprint density at radius 2 is 2.00 bits per heavy atom. The molecule has 0 aromatic carbocycles. The predicted octanol–water partition coefficient (Wildman–Crippen LogP) is 1.47. The van der Waals surface area contributed by atoms with Crippen molar-refractivity contribution in [1.29, 1.82) is 0 Å². The van der Waals surface area contributed by atoms with E-state index in [9.17, 15) is 4.79 Å². The van der Waals surface area contributed by atoms with Crippen LogP contribution in [0.15, 0.2) is 0 Å². The van der Waals surface area contributed by atoms with E-state index in [0.717, 1.165) is 6.54 Å². The molecule has 0 saturated heterocycles. The van der Waals surface area contributed by atoms with E-state index in [1.165, 1.54) is 0 Å². The summed E-state index contributed by atoms with van der Waals surface area (Å²) in [6.07, 6.45) is 0. The molecule has 0 aliphatic rings. The second-order valence-corrected chi connectivity index (χ2v) is 6.11. The molecule has 4 heteroatoms. The van der Waals surface area contributed by atoms with E-state index >= 15 is 0 Å². The van der Waals surface area contributed by atoms with Gasteiger partial charge in [0.15, 0.2) is 0 Å². The Balaban J connectivity index is 3.92. The Labute approximate surface area is 95.4 Å². The highest BCUT2D eigenvalue weighted by atomic mass is 79.9. The van der Waals surface area contributed by atoms with Crippen molar-refractivity contribution in [3.05, 3.63) is 0 Å². The summed E-state index contributed by atoms with van der Waals surface area (Å²) in [5.41, 5.74) is 0.112. The largest absolute Gasteiger partial charge is 0.355 e. The smallest absolute Gasteiger partial charge is 0.233 e. The second-order valence-electron chi connectivity index (χ2n) is 4.74. The van der Waals surface area contributed by atoms with Gasteiger partial charge in [0.2, 0.25) is 5.91 Å². The zero-order valence-corrected chi connectivity index (χ0v) is 11.3. The molecule has 0 spiro atoms. The normalized spacial score (nSPS) is 14.2. The van der Waals surface area contributed by atoms with Crippen molar-refractivity contribution in [2.45, 2.75) is 25.6 Å². The molecule has 0 saturated carbocycles. The van der Waals surface area contributed by atoms with E-state index in [1.54, 1.807) is 0 Å². The van der Waals surface area contributed by atoms with Crippen LogP contribution in [-0.4, -0.2) is 42.8 Å². The lowest BCUT2D eigenvalue weighted by Gasteiger charge is -2.28. The molecule has 1 N–H and O–H groups in total. The molecule has 0 heterocycles. The Bertz CT molecular complexity index is 191. The minimum absolute atomic E-state index is 0.0526. The van der Waals surface area contributed by atoms with E-state index in [4.69, 9.17) is 0 Å². The first-order valence-electron chi connectivity index (χ1n) is 4.81. The highest BCUT2D eigenvalue weighted by molar-refractivity contribution is 9.10. The molecule has 0 rings (SSSR count). The van der Waals surface area contributed by atoms with Crippen molar-refractivity contribution in [2.24, 2.45) is 5.41 Å². The van der Waals surface area contributed by atoms with Gasteiger partial charge in [-0.25, -0.2) is 0 Å². The fraction of sp³-hybridized carbons (Fsp3) is 0.900. The molecule has 0 aliphatic carbocycles. The van der Waals surface area contributed by atoms with Gasteiger partial charge in [0.05, 0.1) is 4.83 Å². The van der Waals surface area contributed by atoms with Crippen LogP contribution in [0.3, 0.4) is 0 Å². The van der Waals surface area contributed by atoms with Crippen LogP contribution in [-0.2, 0) is 4.79 Å². The van der Waals surface area contributed by atoms with E-state index in [-0.39, 0.29) is 16.1 Å². The standard InChI is InChI=1S/C10H21BrN2O/c1-8(11)9(14)12-6-10(2,3)7-13(4)5/h8H,6-7H2,1-5H3,(H,12,14). The quantitative estimate of drug-likeness (QED) is 0.763. The van der Waals surface area contributed by atoms with Crippen LogP contribution in [0.5, 0.6) is 0 Å². The van der Waals surface area contributed by atoms with E-state index in [2.05, 4.69) is 40.0 Å². The van der Waals surface area contributed by atoms with Gasteiger partial charge in [0.25, 0.3) is 0 Å². The van der Waals surface area contributed by atoms with Crippen molar-refractivity contribution in [1.82, 2.24) is 10.2 Å². The van der Waals surface area contributed by atoms with Crippen LogP contribution in [0.25, 0.3) is 0 Å². The Morgan fingerprint density at radius 3 is 2.36 bits per heavy atom. The number of rotatable bonds is 5. The molecule has 0 fully saturated rings. The third-order valence-corrected chi connectivity index (χ3v) is 2.26. The van der Waals surface area contributed by atoms with Gasteiger partial charge in [-0.3, -0.25) is 4.79 Å². The lowest BCUT2D eigenvalue weighted by molar-refractivity contribution is -0.120. The maximum Gasteiger partial charge on any atom is 0.233 e. The number of nitrogens with one attached hydrogen (secondary N) is 1. The van der Waals surface area contributed by atoms with Crippen molar-refractivity contribution < 1.29 is 4.79 Å². The van der Waals surface area contributed by atoms with Crippen LogP contribution in [0, 0.1) is 5.41 Å². The zero-order chi connectivity index (χ0) is 11.4. The maximum absolute atomic E-state index is 11.3. The number of hydrogen-bond donors (Lipinski definition) is 1. The van der Waals surface area contributed by atoms with Gasteiger partial charge in [-0.15, -0.1) is 0 Å². The molecule has 0 aliphatic heterocycles. The van der Waals surface area contributed by atoms with Crippen molar-refractivity contribution in [2.75, 3.05) is 27.2 Å². The maximum atomic E-state index is 11.3. The number of amides is 1.